The molecule has 2 N–H and O–H groups in total. The molecule has 0 fully saturated rings. The minimum Gasteiger partial charge on any atom is -0.383 e. The molecule has 2 heterocycles. The van der Waals surface area contributed by atoms with Gasteiger partial charge in [-0.3, -0.25) is 4.68 Å². The van der Waals surface area contributed by atoms with E-state index in [0.29, 0.717) is 5.82 Å². The third kappa shape index (κ3) is 2.25. The Labute approximate surface area is 128 Å². The highest BCUT2D eigenvalue weighted by Gasteiger charge is 2.18. The summed E-state index contributed by atoms with van der Waals surface area (Å²) in [4.78, 5) is 0.989. The summed E-state index contributed by atoms with van der Waals surface area (Å²) in [6.07, 6.45) is 0. The zero-order valence-electron chi connectivity index (χ0n) is 10.6. The van der Waals surface area contributed by atoms with Gasteiger partial charge in [0.25, 0.3) is 0 Å². The van der Waals surface area contributed by atoms with Crippen molar-refractivity contribution in [2.75, 3.05) is 5.73 Å². The van der Waals surface area contributed by atoms with E-state index in [0.717, 1.165) is 25.5 Å². The van der Waals surface area contributed by atoms with Crippen LogP contribution in [0, 0.1) is 5.82 Å². The van der Waals surface area contributed by atoms with Gasteiger partial charge in [0.15, 0.2) is 0 Å². The van der Waals surface area contributed by atoms with Gasteiger partial charge in [-0.25, -0.2) is 4.39 Å². The molecule has 2 aromatic heterocycles. The highest BCUT2D eigenvalue weighted by Crippen LogP contribution is 2.39. The molecule has 0 aliphatic rings. The van der Waals surface area contributed by atoms with Crippen LogP contribution in [-0.4, -0.2) is 9.78 Å². The van der Waals surface area contributed by atoms with Crippen molar-refractivity contribution < 1.29 is 4.39 Å². The summed E-state index contributed by atoms with van der Waals surface area (Å²) >= 11 is 5.01. The number of hydrogen-bond acceptors (Lipinski definition) is 3. The molecular weight excluding hydrogens is 341 g/mol. The van der Waals surface area contributed by atoms with Crippen molar-refractivity contribution in [2.45, 2.75) is 0 Å². The summed E-state index contributed by atoms with van der Waals surface area (Å²) < 4.78 is 16.1. The maximum absolute atomic E-state index is 13.5. The minimum absolute atomic E-state index is 0.288. The molecule has 0 aliphatic heterocycles. The smallest absolute Gasteiger partial charge is 0.129 e. The molecule has 0 unspecified atom stereocenters. The molecule has 0 aliphatic carbocycles. The molecule has 0 saturated heterocycles. The van der Waals surface area contributed by atoms with Gasteiger partial charge in [0, 0.05) is 7.05 Å². The number of nitrogens with two attached hydrogens (primary N) is 1. The Morgan fingerprint density at radius 2 is 2.10 bits per heavy atom. The Bertz CT molecular complexity index is 779. The summed E-state index contributed by atoms with van der Waals surface area (Å²) in [5, 5.41) is 4.46. The molecule has 0 radical (unpaired) electrons. The number of halogens is 2. The van der Waals surface area contributed by atoms with Gasteiger partial charge in [-0.05, 0) is 45.8 Å². The van der Waals surface area contributed by atoms with Crippen molar-refractivity contribution >= 4 is 33.1 Å². The number of nitrogens with zero attached hydrogens (tertiary/aromatic N) is 2. The fourth-order valence-electron chi connectivity index (χ4n) is 2.08. The van der Waals surface area contributed by atoms with E-state index in [1.54, 1.807) is 29.1 Å². The van der Waals surface area contributed by atoms with E-state index < -0.39 is 0 Å². The number of nitrogen functional groups attached to an aromatic ring is 1. The quantitative estimate of drug-likeness (QED) is 0.747. The lowest BCUT2D eigenvalue weighted by molar-refractivity contribution is 0.628. The van der Waals surface area contributed by atoms with E-state index in [1.165, 1.54) is 12.1 Å². The van der Waals surface area contributed by atoms with Gasteiger partial charge >= 0.3 is 0 Å². The van der Waals surface area contributed by atoms with Crippen molar-refractivity contribution in [1.82, 2.24) is 9.78 Å². The van der Waals surface area contributed by atoms with E-state index in [-0.39, 0.29) is 5.82 Å². The number of hydrogen-bond donors (Lipinski definition) is 1. The number of aryl methyl sites for hydroxylation is 1. The van der Waals surface area contributed by atoms with Crippen LogP contribution in [0.5, 0.6) is 0 Å². The van der Waals surface area contributed by atoms with Crippen LogP contribution in [0.4, 0.5) is 10.2 Å². The SMILES string of the molecule is Cn1nc(-c2ccc(Br)s2)c(-c2cccc(F)c2)c1N. The summed E-state index contributed by atoms with van der Waals surface area (Å²) in [6, 6.07) is 10.3. The Balaban J connectivity index is 2.24. The van der Waals surface area contributed by atoms with Crippen LogP contribution in [0.25, 0.3) is 21.7 Å². The molecule has 3 rings (SSSR count). The van der Waals surface area contributed by atoms with Gasteiger partial charge in [0.2, 0.25) is 0 Å². The van der Waals surface area contributed by atoms with Crippen LogP contribution >= 0.6 is 27.3 Å². The van der Waals surface area contributed by atoms with Crippen LogP contribution in [-0.2, 0) is 7.05 Å². The molecule has 102 valence electrons. The Morgan fingerprint density at radius 3 is 2.75 bits per heavy atom. The maximum atomic E-state index is 13.5. The molecule has 6 heteroatoms. The molecule has 20 heavy (non-hydrogen) atoms. The molecule has 1 aromatic carbocycles. The summed E-state index contributed by atoms with van der Waals surface area (Å²) in [6.45, 7) is 0. The lowest BCUT2D eigenvalue weighted by atomic mass is 10.0. The highest BCUT2D eigenvalue weighted by molar-refractivity contribution is 9.11. The Morgan fingerprint density at radius 1 is 1.30 bits per heavy atom. The second-order valence-electron chi connectivity index (χ2n) is 4.35. The molecule has 0 spiro atoms. The lowest BCUT2D eigenvalue weighted by Crippen LogP contribution is -1.98. The van der Waals surface area contributed by atoms with Gasteiger partial charge in [0.05, 0.1) is 14.2 Å². The summed E-state index contributed by atoms with van der Waals surface area (Å²) in [5.74, 6) is 0.235. The van der Waals surface area contributed by atoms with E-state index >= 15 is 0 Å². The van der Waals surface area contributed by atoms with Crippen LogP contribution in [0.1, 0.15) is 0 Å². The molecule has 3 aromatic rings. The Hall–Kier alpha value is -1.66. The first kappa shape index (κ1) is 13.3. The van der Waals surface area contributed by atoms with Crippen LogP contribution in [0.2, 0.25) is 0 Å². The highest BCUT2D eigenvalue weighted by atomic mass is 79.9. The van der Waals surface area contributed by atoms with Gasteiger partial charge in [0.1, 0.15) is 17.3 Å². The molecule has 3 nitrogen and oxygen atoms in total. The fraction of sp³-hybridized carbons (Fsp3) is 0.0714. The van der Waals surface area contributed by atoms with Crippen molar-refractivity contribution in [1.29, 1.82) is 0 Å². The number of aromatic nitrogens is 2. The van der Waals surface area contributed by atoms with Gasteiger partial charge in [-0.15, -0.1) is 11.3 Å². The molecule has 0 bridgehead atoms. The molecule has 0 saturated carbocycles. The first-order valence-electron chi connectivity index (χ1n) is 5.90. The van der Waals surface area contributed by atoms with Crippen molar-refractivity contribution in [3.63, 3.8) is 0 Å². The van der Waals surface area contributed by atoms with Gasteiger partial charge in [-0.2, -0.15) is 5.10 Å². The first-order valence-corrected chi connectivity index (χ1v) is 7.51. The zero-order valence-corrected chi connectivity index (χ0v) is 13.0. The van der Waals surface area contributed by atoms with Gasteiger partial charge < -0.3 is 5.73 Å². The zero-order chi connectivity index (χ0) is 14.3. The second-order valence-corrected chi connectivity index (χ2v) is 6.81. The number of benzene rings is 1. The molecule has 0 amide bonds. The van der Waals surface area contributed by atoms with Crippen molar-refractivity contribution in [3.05, 3.63) is 46.0 Å². The van der Waals surface area contributed by atoms with E-state index in [4.69, 9.17) is 5.73 Å². The minimum atomic E-state index is -0.288. The van der Waals surface area contributed by atoms with Crippen LogP contribution in [0.3, 0.4) is 0 Å². The van der Waals surface area contributed by atoms with Crippen molar-refractivity contribution in [3.8, 4) is 21.7 Å². The molecular formula is C14H11BrFN3S. The average Bonchev–Trinajstić information content (AvgIpc) is 2.95. The standard InChI is InChI=1S/C14H11BrFN3S/c1-19-14(17)12(8-3-2-4-9(16)7-8)13(18-19)10-5-6-11(15)20-10/h2-7H,17H2,1H3. The maximum Gasteiger partial charge on any atom is 0.129 e. The van der Waals surface area contributed by atoms with Gasteiger partial charge in [-0.1, -0.05) is 12.1 Å². The fourth-order valence-corrected chi connectivity index (χ4v) is 3.46. The average molecular weight is 352 g/mol. The predicted molar refractivity (Wildman–Crippen MR) is 84.0 cm³/mol. The summed E-state index contributed by atoms with van der Waals surface area (Å²) in [5.41, 5.74) is 8.37. The molecule has 0 atom stereocenters. The van der Waals surface area contributed by atoms with Crippen LogP contribution < -0.4 is 5.73 Å². The largest absolute Gasteiger partial charge is 0.383 e. The van der Waals surface area contributed by atoms with Crippen LogP contribution in [0.15, 0.2) is 40.2 Å². The van der Waals surface area contributed by atoms with E-state index in [1.807, 2.05) is 18.2 Å². The second kappa shape index (κ2) is 5.03. The lowest BCUT2D eigenvalue weighted by Gasteiger charge is -2.03. The number of rotatable bonds is 2. The third-order valence-corrected chi connectivity index (χ3v) is 4.64. The van der Waals surface area contributed by atoms with E-state index in [2.05, 4.69) is 21.0 Å². The number of thiophene rings is 1. The normalized spacial score (nSPS) is 10.9. The predicted octanol–water partition coefficient (Wildman–Crippen LogP) is 4.30. The topological polar surface area (TPSA) is 43.8 Å². The Kier molecular flexibility index (Phi) is 3.35. The summed E-state index contributed by atoms with van der Waals surface area (Å²) in [7, 11) is 1.78. The van der Waals surface area contributed by atoms with Crippen molar-refractivity contribution in [2.24, 2.45) is 7.05 Å². The third-order valence-electron chi connectivity index (χ3n) is 3.01. The first-order chi connectivity index (χ1) is 9.56. The number of anilines is 1. The monoisotopic (exact) mass is 351 g/mol. The van der Waals surface area contributed by atoms with E-state index in [9.17, 15) is 4.39 Å².